The predicted molar refractivity (Wildman–Crippen MR) is 78.8 cm³/mol. The number of hydrogen-bond acceptors (Lipinski definition) is 5. The third kappa shape index (κ3) is 2.49. The lowest BCUT2D eigenvalue weighted by Gasteiger charge is -2.42. The van der Waals surface area contributed by atoms with Crippen LogP contribution in [0.25, 0.3) is 5.69 Å². The zero-order chi connectivity index (χ0) is 14.9. The average Bonchev–Trinajstić information content (AvgIpc) is 2.94. The number of para-hydroxylation sites is 1. The van der Waals surface area contributed by atoms with Crippen LogP contribution in [-0.4, -0.2) is 64.0 Å². The fraction of sp³-hybridized carbons (Fsp3) is 0.400. The van der Waals surface area contributed by atoms with E-state index < -0.39 is 0 Å². The molecule has 0 aliphatic carbocycles. The van der Waals surface area contributed by atoms with Gasteiger partial charge in [-0.15, -0.1) is 5.10 Å². The SMILES string of the molecule is O=C(c1ncn(-c2ccccc2)n1)N1CC(NC2COC2)C1. The lowest BCUT2D eigenvalue weighted by atomic mass is 10.1. The molecule has 0 saturated carbocycles. The molecule has 0 bridgehead atoms. The molecule has 114 valence electrons. The van der Waals surface area contributed by atoms with Crippen LogP contribution in [0.1, 0.15) is 10.6 Å². The molecular formula is C15H17N5O2. The Hall–Kier alpha value is -2.25. The van der Waals surface area contributed by atoms with E-state index in [1.807, 2.05) is 30.3 Å². The van der Waals surface area contributed by atoms with Gasteiger partial charge >= 0.3 is 0 Å². The first kappa shape index (κ1) is 13.4. The lowest BCUT2D eigenvalue weighted by molar-refractivity contribution is -0.0211. The van der Waals surface area contributed by atoms with Gasteiger partial charge in [-0.3, -0.25) is 4.79 Å². The van der Waals surface area contributed by atoms with Crippen molar-refractivity contribution in [2.75, 3.05) is 26.3 Å². The molecular weight excluding hydrogens is 282 g/mol. The normalized spacial score (nSPS) is 18.8. The van der Waals surface area contributed by atoms with Crippen molar-refractivity contribution in [2.45, 2.75) is 12.1 Å². The summed E-state index contributed by atoms with van der Waals surface area (Å²) in [6.45, 7) is 2.95. The van der Waals surface area contributed by atoms with Crippen LogP contribution >= 0.6 is 0 Å². The maximum Gasteiger partial charge on any atom is 0.293 e. The highest BCUT2D eigenvalue weighted by Crippen LogP contribution is 2.14. The number of carbonyl (C=O) groups excluding carboxylic acids is 1. The van der Waals surface area contributed by atoms with E-state index in [9.17, 15) is 4.79 Å². The Morgan fingerprint density at radius 3 is 2.64 bits per heavy atom. The molecule has 0 atom stereocenters. The maximum absolute atomic E-state index is 12.3. The van der Waals surface area contributed by atoms with Crippen molar-refractivity contribution in [1.82, 2.24) is 25.0 Å². The van der Waals surface area contributed by atoms with Gasteiger partial charge in [0.2, 0.25) is 5.82 Å². The van der Waals surface area contributed by atoms with Crippen LogP contribution in [0.3, 0.4) is 0 Å². The van der Waals surface area contributed by atoms with E-state index >= 15 is 0 Å². The van der Waals surface area contributed by atoms with Gasteiger partial charge in [0.1, 0.15) is 6.33 Å². The number of aromatic nitrogens is 3. The van der Waals surface area contributed by atoms with Crippen LogP contribution in [0.15, 0.2) is 36.7 Å². The van der Waals surface area contributed by atoms with Crippen molar-refractivity contribution in [2.24, 2.45) is 0 Å². The number of hydrogen-bond donors (Lipinski definition) is 1. The van der Waals surface area contributed by atoms with Crippen molar-refractivity contribution in [3.8, 4) is 5.69 Å². The molecule has 1 aromatic carbocycles. The molecule has 1 N–H and O–H groups in total. The molecule has 7 heteroatoms. The van der Waals surface area contributed by atoms with E-state index in [1.54, 1.807) is 15.9 Å². The highest BCUT2D eigenvalue weighted by atomic mass is 16.5. The number of rotatable bonds is 4. The topological polar surface area (TPSA) is 72.3 Å². The Balaban J connectivity index is 1.36. The fourth-order valence-corrected chi connectivity index (χ4v) is 2.62. The highest BCUT2D eigenvalue weighted by Gasteiger charge is 2.35. The third-order valence-electron chi connectivity index (χ3n) is 3.98. The smallest absolute Gasteiger partial charge is 0.293 e. The van der Waals surface area contributed by atoms with Gasteiger partial charge in [-0.2, -0.15) is 0 Å². The molecule has 1 amide bonds. The number of amides is 1. The molecule has 2 aliphatic heterocycles. The monoisotopic (exact) mass is 299 g/mol. The number of nitrogens with one attached hydrogen (secondary N) is 1. The van der Waals surface area contributed by atoms with Crippen LogP contribution in [0.2, 0.25) is 0 Å². The largest absolute Gasteiger partial charge is 0.378 e. The van der Waals surface area contributed by atoms with Gasteiger partial charge in [-0.05, 0) is 12.1 Å². The first-order chi connectivity index (χ1) is 10.8. The minimum absolute atomic E-state index is 0.113. The summed E-state index contributed by atoms with van der Waals surface area (Å²) in [4.78, 5) is 18.2. The van der Waals surface area contributed by atoms with Crippen LogP contribution in [0.5, 0.6) is 0 Å². The van der Waals surface area contributed by atoms with E-state index in [0.717, 1.165) is 18.9 Å². The molecule has 0 radical (unpaired) electrons. The van der Waals surface area contributed by atoms with Gasteiger partial charge in [-0.25, -0.2) is 9.67 Å². The number of ether oxygens (including phenoxy) is 1. The number of benzene rings is 1. The van der Waals surface area contributed by atoms with E-state index in [2.05, 4.69) is 15.4 Å². The highest BCUT2D eigenvalue weighted by molar-refractivity contribution is 5.91. The maximum atomic E-state index is 12.3. The minimum atomic E-state index is -0.113. The first-order valence-corrected chi connectivity index (χ1v) is 7.40. The molecule has 4 rings (SSSR count). The lowest BCUT2D eigenvalue weighted by Crippen LogP contribution is -2.64. The second-order valence-corrected chi connectivity index (χ2v) is 5.66. The summed E-state index contributed by atoms with van der Waals surface area (Å²) in [6, 6.07) is 10.4. The van der Waals surface area contributed by atoms with Crippen LogP contribution < -0.4 is 5.32 Å². The molecule has 0 spiro atoms. The summed E-state index contributed by atoms with van der Waals surface area (Å²) < 4.78 is 6.75. The average molecular weight is 299 g/mol. The first-order valence-electron chi connectivity index (χ1n) is 7.40. The zero-order valence-electron chi connectivity index (χ0n) is 12.1. The van der Waals surface area contributed by atoms with Crippen molar-refractivity contribution in [3.63, 3.8) is 0 Å². The predicted octanol–water partition coefficient (Wildman–Crippen LogP) is 0.0801. The van der Waals surface area contributed by atoms with Gasteiger partial charge in [0, 0.05) is 19.1 Å². The summed E-state index contributed by atoms with van der Waals surface area (Å²) in [5.41, 5.74) is 0.891. The summed E-state index contributed by atoms with van der Waals surface area (Å²) in [6.07, 6.45) is 1.57. The second-order valence-electron chi connectivity index (χ2n) is 5.66. The van der Waals surface area contributed by atoms with E-state index in [0.29, 0.717) is 25.2 Å². The van der Waals surface area contributed by atoms with E-state index in [1.165, 1.54) is 0 Å². The third-order valence-corrected chi connectivity index (χ3v) is 3.98. The fourth-order valence-electron chi connectivity index (χ4n) is 2.62. The van der Waals surface area contributed by atoms with Gasteiger partial charge in [0.25, 0.3) is 5.91 Å². The van der Waals surface area contributed by atoms with Crippen LogP contribution in [0.4, 0.5) is 0 Å². The standard InChI is InChI=1S/C15H17N5O2/c21-15(19-6-11(7-19)17-12-8-22-9-12)14-16-10-20(18-14)13-4-2-1-3-5-13/h1-5,10-12,17H,6-9H2. The molecule has 2 fully saturated rings. The van der Waals surface area contributed by atoms with E-state index in [-0.39, 0.29) is 11.7 Å². The molecule has 2 saturated heterocycles. The molecule has 22 heavy (non-hydrogen) atoms. The van der Waals surface area contributed by atoms with Gasteiger partial charge in [0.05, 0.1) is 24.9 Å². The molecule has 7 nitrogen and oxygen atoms in total. The molecule has 3 heterocycles. The molecule has 0 unspecified atom stereocenters. The van der Waals surface area contributed by atoms with Gasteiger partial charge < -0.3 is 15.0 Å². The van der Waals surface area contributed by atoms with Gasteiger partial charge in [-0.1, -0.05) is 18.2 Å². The van der Waals surface area contributed by atoms with Crippen LogP contribution in [0, 0.1) is 0 Å². The van der Waals surface area contributed by atoms with Crippen molar-refractivity contribution < 1.29 is 9.53 Å². The Bertz CT molecular complexity index is 662. The Morgan fingerprint density at radius 2 is 1.95 bits per heavy atom. The second kappa shape index (κ2) is 5.51. The summed E-state index contributed by atoms with van der Waals surface area (Å²) in [5.74, 6) is 0.131. The summed E-state index contributed by atoms with van der Waals surface area (Å²) >= 11 is 0. The van der Waals surface area contributed by atoms with Crippen molar-refractivity contribution >= 4 is 5.91 Å². The number of carbonyl (C=O) groups is 1. The molecule has 2 aromatic rings. The van der Waals surface area contributed by atoms with Crippen molar-refractivity contribution in [3.05, 3.63) is 42.5 Å². The Morgan fingerprint density at radius 1 is 1.18 bits per heavy atom. The molecule has 1 aromatic heterocycles. The summed E-state index contributed by atoms with van der Waals surface area (Å²) in [5, 5.41) is 7.73. The number of nitrogens with zero attached hydrogens (tertiary/aromatic N) is 4. The molecule has 2 aliphatic rings. The van der Waals surface area contributed by atoms with E-state index in [4.69, 9.17) is 4.74 Å². The summed E-state index contributed by atoms with van der Waals surface area (Å²) in [7, 11) is 0. The Labute approximate surface area is 127 Å². The van der Waals surface area contributed by atoms with Crippen molar-refractivity contribution in [1.29, 1.82) is 0 Å². The Kier molecular flexibility index (Phi) is 3.36. The zero-order valence-corrected chi connectivity index (χ0v) is 12.1. The minimum Gasteiger partial charge on any atom is -0.378 e. The quantitative estimate of drug-likeness (QED) is 0.865. The van der Waals surface area contributed by atoms with Crippen LogP contribution in [-0.2, 0) is 4.74 Å². The van der Waals surface area contributed by atoms with Gasteiger partial charge in [0.15, 0.2) is 0 Å². The number of likely N-dealkylation sites (tertiary alicyclic amines) is 1.